The van der Waals surface area contributed by atoms with Gasteiger partial charge in [0, 0.05) is 0 Å². The van der Waals surface area contributed by atoms with E-state index < -0.39 is 32.6 Å². The fourth-order valence-electron chi connectivity index (χ4n) is 7.16. The van der Waals surface area contributed by atoms with Crippen LogP contribution in [0.1, 0.15) is 112 Å². The van der Waals surface area contributed by atoms with E-state index >= 15 is 0 Å². The summed E-state index contributed by atoms with van der Waals surface area (Å²) in [5, 5.41) is 0. The fourth-order valence-corrected chi connectivity index (χ4v) is 7.71. The van der Waals surface area contributed by atoms with Crippen molar-refractivity contribution in [3.63, 3.8) is 0 Å². The molecule has 4 aliphatic carbocycles. The lowest BCUT2D eigenvalue weighted by atomic mass is 9.54. The molecule has 0 unspecified atom stereocenters. The molecular weight excluding hydrogens is 480 g/mol. The number of benzene rings is 1. The van der Waals surface area contributed by atoms with Crippen LogP contribution in [0.15, 0.2) is 23.1 Å². The van der Waals surface area contributed by atoms with Crippen molar-refractivity contribution in [2.24, 2.45) is 23.7 Å². The van der Waals surface area contributed by atoms with Crippen LogP contribution in [0.4, 0.5) is 0 Å². The molecule has 0 aliphatic heterocycles. The first kappa shape index (κ1) is 27.1. The van der Waals surface area contributed by atoms with Gasteiger partial charge in [-0.25, -0.2) is 9.59 Å². The van der Waals surface area contributed by atoms with E-state index in [2.05, 4.69) is 13.8 Å². The van der Waals surface area contributed by atoms with Gasteiger partial charge in [-0.2, -0.15) is 8.42 Å². The zero-order valence-electron chi connectivity index (χ0n) is 21.7. The summed E-state index contributed by atoms with van der Waals surface area (Å²) in [6.07, 6.45) is 10.0. The molecule has 5 rings (SSSR count). The van der Waals surface area contributed by atoms with E-state index in [1.165, 1.54) is 25.3 Å². The van der Waals surface area contributed by atoms with Crippen LogP contribution in [0.5, 0.6) is 0 Å². The van der Waals surface area contributed by atoms with Gasteiger partial charge in [-0.3, -0.25) is 4.55 Å². The minimum atomic E-state index is -4.65. The first-order chi connectivity index (χ1) is 17.0. The molecule has 0 amide bonds. The number of hydrogen-bond acceptors (Lipinski definition) is 6. The summed E-state index contributed by atoms with van der Waals surface area (Å²) in [5.41, 5.74) is -0.643. The second-order valence-corrected chi connectivity index (χ2v) is 12.9. The van der Waals surface area contributed by atoms with Crippen LogP contribution in [-0.4, -0.2) is 36.6 Å². The van der Waals surface area contributed by atoms with E-state index in [-0.39, 0.29) is 17.2 Å². The van der Waals surface area contributed by atoms with Gasteiger partial charge in [0.15, 0.2) is 0 Å². The summed E-state index contributed by atoms with van der Waals surface area (Å²) in [5.74, 6) is 0.787. The van der Waals surface area contributed by atoms with Gasteiger partial charge >= 0.3 is 11.9 Å². The van der Waals surface area contributed by atoms with Gasteiger partial charge in [-0.05, 0) is 93.2 Å². The Labute approximate surface area is 215 Å². The highest BCUT2D eigenvalue weighted by Crippen LogP contribution is 2.57. The van der Waals surface area contributed by atoms with Crippen LogP contribution in [0.25, 0.3) is 0 Å². The molecule has 1 N–H and O–H groups in total. The van der Waals surface area contributed by atoms with Crippen molar-refractivity contribution < 1.29 is 32.0 Å². The number of esters is 2. The normalized spacial score (nSPS) is 27.8. The molecule has 1 aromatic rings. The van der Waals surface area contributed by atoms with Gasteiger partial charge in [0.25, 0.3) is 10.1 Å². The Hall–Kier alpha value is -1.93. The number of rotatable bonds is 11. The maximum absolute atomic E-state index is 13.3. The van der Waals surface area contributed by atoms with Crippen molar-refractivity contribution in [1.29, 1.82) is 0 Å². The molecule has 0 spiro atoms. The Bertz CT molecular complexity index is 1040. The van der Waals surface area contributed by atoms with Crippen LogP contribution in [0.2, 0.25) is 0 Å². The molecule has 36 heavy (non-hydrogen) atoms. The molecule has 8 heteroatoms. The van der Waals surface area contributed by atoms with E-state index in [1.54, 1.807) is 0 Å². The van der Waals surface area contributed by atoms with E-state index in [0.717, 1.165) is 57.1 Å². The zero-order chi connectivity index (χ0) is 26.1. The molecule has 0 heterocycles. The van der Waals surface area contributed by atoms with Crippen molar-refractivity contribution in [3.05, 3.63) is 29.3 Å². The molecule has 0 aromatic heterocycles. The van der Waals surface area contributed by atoms with E-state index in [1.807, 2.05) is 6.92 Å². The second-order valence-electron chi connectivity index (χ2n) is 11.4. The molecule has 200 valence electrons. The van der Waals surface area contributed by atoms with Crippen LogP contribution >= 0.6 is 0 Å². The van der Waals surface area contributed by atoms with Crippen LogP contribution in [-0.2, 0) is 19.6 Å². The summed E-state index contributed by atoms with van der Waals surface area (Å²) in [6, 6.07) is 3.49. The Balaban J connectivity index is 1.56. The van der Waals surface area contributed by atoms with Gasteiger partial charge < -0.3 is 9.47 Å². The summed E-state index contributed by atoms with van der Waals surface area (Å²) in [7, 11) is -4.65. The smallest absolute Gasteiger partial charge is 0.338 e. The fraction of sp³-hybridized carbons (Fsp3) is 0.714. The number of carbonyl (C=O) groups excluding carboxylic acids is 2. The van der Waals surface area contributed by atoms with E-state index in [4.69, 9.17) is 9.47 Å². The Morgan fingerprint density at radius 1 is 0.944 bits per heavy atom. The van der Waals surface area contributed by atoms with Gasteiger partial charge in [0.1, 0.15) is 11.7 Å². The third-order valence-corrected chi connectivity index (χ3v) is 9.43. The van der Waals surface area contributed by atoms with Gasteiger partial charge in [0.2, 0.25) is 0 Å². The first-order valence-electron chi connectivity index (χ1n) is 13.6. The Morgan fingerprint density at radius 3 is 1.94 bits per heavy atom. The SMILES string of the molecule is CCC[C@H](CC(CC)CC)OC(=O)c1cc(C(=O)OC23CC4CC(CC(C4)C2)C3)cc(S(=O)(=O)O)c1. The average Bonchev–Trinajstić information content (AvgIpc) is 2.80. The maximum Gasteiger partial charge on any atom is 0.338 e. The van der Waals surface area contributed by atoms with Crippen LogP contribution in [0, 0.1) is 23.7 Å². The lowest BCUT2D eigenvalue weighted by Crippen LogP contribution is -2.52. The van der Waals surface area contributed by atoms with Gasteiger partial charge in [0.05, 0.1) is 16.0 Å². The molecule has 7 nitrogen and oxygen atoms in total. The van der Waals surface area contributed by atoms with Crippen LogP contribution < -0.4 is 0 Å². The second kappa shape index (κ2) is 10.8. The van der Waals surface area contributed by atoms with Crippen molar-refractivity contribution >= 4 is 22.1 Å². The van der Waals surface area contributed by atoms with Gasteiger partial charge in [-0.15, -0.1) is 0 Å². The monoisotopic (exact) mass is 520 g/mol. The minimum Gasteiger partial charge on any atom is -0.459 e. The molecule has 1 aromatic carbocycles. The predicted molar refractivity (Wildman–Crippen MR) is 135 cm³/mol. The van der Waals surface area contributed by atoms with Crippen molar-refractivity contribution in [1.82, 2.24) is 0 Å². The molecule has 4 bridgehead atoms. The average molecular weight is 521 g/mol. The number of ether oxygens (including phenoxy) is 2. The lowest BCUT2D eigenvalue weighted by molar-refractivity contribution is -0.131. The van der Waals surface area contributed by atoms with Crippen molar-refractivity contribution in [2.75, 3.05) is 0 Å². The predicted octanol–water partition coefficient (Wildman–Crippen LogP) is 6.21. The highest BCUT2D eigenvalue weighted by molar-refractivity contribution is 7.85. The maximum atomic E-state index is 13.3. The Morgan fingerprint density at radius 2 is 1.47 bits per heavy atom. The van der Waals surface area contributed by atoms with Gasteiger partial charge in [-0.1, -0.05) is 40.0 Å². The van der Waals surface area contributed by atoms with Crippen molar-refractivity contribution in [3.8, 4) is 0 Å². The summed E-state index contributed by atoms with van der Waals surface area (Å²) in [6.45, 7) is 6.23. The van der Waals surface area contributed by atoms with Crippen molar-refractivity contribution in [2.45, 2.75) is 108 Å². The summed E-state index contributed by atoms with van der Waals surface area (Å²) in [4.78, 5) is 25.9. The topological polar surface area (TPSA) is 107 Å². The van der Waals surface area contributed by atoms with E-state index in [9.17, 15) is 22.6 Å². The Kier molecular flexibility index (Phi) is 8.15. The standard InChI is InChI=1S/C28H40O7S/c1-4-7-24(11-18(5-2)6-3)34-26(29)22-12-23(14-25(13-22)36(31,32)33)27(30)35-28-15-19-8-20(16-28)10-21(9-19)17-28/h12-14,18-21,24H,4-11,15-17H2,1-3H3,(H,31,32,33)/t19?,20?,21?,24-,28?/m1/s1. The third kappa shape index (κ3) is 6.13. The zero-order valence-corrected chi connectivity index (χ0v) is 22.5. The number of hydrogen-bond donors (Lipinski definition) is 1. The van der Waals surface area contributed by atoms with Crippen LogP contribution in [0.3, 0.4) is 0 Å². The summed E-state index contributed by atoms with van der Waals surface area (Å²) < 4.78 is 45.6. The first-order valence-corrected chi connectivity index (χ1v) is 15.0. The molecular formula is C28H40O7S. The largest absolute Gasteiger partial charge is 0.459 e. The molecule has 1 atom stereocenters. The molecule has 0 saturated heterocycles. The third-order valence-electron chi connectivity index (χ3n) is 8.60. The molecule has 0 radical (unpaired) electrons. The molecule has 4 aliphatic rings. The molecule has 4 saturated carbocycles. The quantitative estimate of drug-likeness (QED) is 0.273. The van der Waals surface area contributed by atoms with E-state index in [0.29, 0.717) is 30.1 Å². The summed E-state index contributed by atoms with van der Waals surface area (Å²) >= 11 is 0. The number of carbonyl (C=O) groups is 2. The minimum absolute atomic E-state index is 0.0557. The highest BCUT2D eigenvalue weighted by Gasteiger charge is 2.53. The molecule has 4 fully saturated rings. The lowest BCUT2D eigenvalue weighted by Gasteiger charge is -2.55. The highest BCUT2D eigenvalue weighted by atomic mass is 32.2.